The first-order chi connectivity index (χ1) is 9.97. The Hall–Kier alpha value is -2.11. The standard InChI is InChI=1S/C15H19FN2O3/c1-10(19)17-9-11-4-6-18(7-5-11)15(21)13-3-2-12(20)8-14(13)16/h2-3,8,11,20H,4-7,9H2,1H3,(H,17,19). The summed E-state index contributed by atoms with van der Waals surface area (Å²) in [5.41, 5.74) is -0.0203. The van der Waals surface area contributed by atoms with E-state index in [0.717, 1.165) is 18.9 Å². The molecule has 1 aliphatic heterocycles. The lowest BCUT2D eigenvalue weighted by atomic mass is 9.96. The molecule has 0 atom stereocenters. The van der Waals surface area contributed by atoms with Crippen LogP contribution in [0.3, 0.4) is 0 Å². The number of halogens is 1. The largest absolute Gasteiger partial charge is 0.508 e. The van der Waals surface area contributed by atoms with E-state index in [0.29, 0.717) is 25.6 Å². The van der Waals surface area contributed by atoms with E-state index in [4.69, 9.17) is 5.11 Å². The average molecular weight is 294 g/mol. The summed E-state index contributed by atoms with van der Waals surface area (Å²) >= 11 is 0. The summed E-state index contributed by atoms with van der Waals surface area (Å²) in [4.78, 5) is 24.7. The Morgan fingerprint density at radius 2 is 2.05 bits per heavy atom. The van der Waals surface area contributed by atoms with Crippen LogP contribution in [0, 0.1) is 11.7 Å². The van der Waals surface area contributed by atoms with Gasteiger partial charge in [0.15, 0.2) is 0 Å². The number of rotatable bonds is 3. The fourth-order valence-electron chi connectivity index (χ4n) is 2.48. The number of benzene rings is 1. The average Bonchev–Trinajstić information content (AvgIpc) is 2.45. The molecule has 21 heavy (non-hydrogen) atoms. The number of phenolic OH excluding ortho intramolecular Hbond substituents is 1. The van der Waals surface area contributed by atoms with Crippen LogP contribution < -0.4 is 5.32 Å². The fourth-order valence-corrected chi connectivity index (χ4v) is 2.48. The zero-order valence-corrected chi connectivity index (χ0v) is 11.9. The molecule has 0 radical (unpaired) electrons. The minimum Gasteiger partial charge on any atom is -0.508 e. The second kappa shape index (κ2) is 6.56. The third-order valence-corrected chi connectivity index (χ3v) is 3.72. The van der Waals surface area contributed by atoms with Gasteiger partial charge >= 0.3 is 0 Å². The normalized spacial score (nSPS) is 15.8. The lowest BCUT2D eigenvalue weighted by molar-refractivity contribution is -0.119. The Balaban J connectivity index is 1.92. The van der Waals surface area contributed by atoms with Gasteiger partial charge in [-0.25, -0.2) is 4.39 Å². The van der Waals surface area contributed by atoms with Crippen LogP contribution in [0.2, 0.25) is 0 Å². The van der Waals surface area contributed by atoms with Crippen molar-refractivity contribution >= 4 is 11.8 Å². The van der Waals surface area contributed by atoms with E-state index in [9.17, 15) is 14.0 Å². The van der Waals surface area contributed by atoms with Crippen LogP contribution in [-0.4, -0.2) is 41.5 Å². The number of hydrogen-bond donors (Lipinski definition) is 2. The number of nitrogens with zero attached hydrogens (tertiary/aromatic N) is 1. The lowest BCUT2D eigenvalue weighted by Crippen LogP contribution is -2.41. The van der Waals surface area contributed by atoms with Crippen molar-refractivity contribution in [1.82, 2.24) is 10.2 Å². The summed E-state index contributed by atoms with van der Waals surface area (Å²) in [5, 5.41) is 11.9. The monoisotopic (exact) mass is 294 g/mol. The minimum atomic E-state index is -0.708. The first-order valence-electron chi connectivity index (χ1n) is 6.99. The van der Waals surface area contributed by atoms with Gasteiger partial charge in [-0.2, -0.15) is 0 Å². The highest BCUT2D eigenvalue weighted by molar-refractivity contribution is 5.94. The van der Waals surface area contributed by atoms with E-state index in [1.807, 2.05) is 0 Å². The Morgan fingerprint density at radius 3 is 2.62 bits per heavy atom. The van der Waals surface area contributed by atoms with Crippen molar-refractivity contribution in [2.75, 3.05) is 19.6 Å². The Bertz CT molecular complexity index is 540. The number of aromatic hydroxyl groups is 1. The quantitative estimate of drug-likeness (QED) is 0.888. The van der Waals surface area contributed by atoms with E-state index in [-0.39, 0.29) is 23.1 Å². The lowest BCUT2D eigenvalue weighted by Gasteiger charge is -2.32. The zero-order chi connectivity index (χ0) is 15.4. The van der Waals surface area contributed by atoms with Crippen molar-refractivity contribution < 1.29 is 19.1 Å². The zero-order valence-electron chi connectivity index (χ0n) is 11.9. The van der Waals surface area contributed by atoms with E-state index in [1.165, 1.54) is 19.1 Å². The molecule has 2 rings (SSSR count). The molecule has 0 spiro atoms. The first-order valence-corrected chi connectivity index (χ1v) is 6.99. The van der Waals surface area contributed by atoms with Crippen LogP contribution in [0.25, 0.3) is 0 Å². The second-order valence-electron chi connectivity index (χ2n) is 5.34. The molecule has 1 aromatic rings. The van der Waals surface area contributed by atoms with Crippen LogP contribution in [0.5, 0.6) is 5.75 Å². The van der Waals surface area contributed by atoms with Gasteiger partial charge in [-0.3, -0.25) is 9.59 Å². The molecule has 1 aromatic carbocycles. The van der Waals surface area contributed by atoms with Crippen molar-refractivity contribution in [3.8, 4) is 5.75 Å². The fraction of sp³-hybridized carbons (Fsp3) is 0.467. The third kappa shape index (κ3) is 3.93. The van der Waals surface area contributed by atoms with E-state index in [2.05, 4.69) is 5.32 Å². The predicted molar refractivity (Wildman–Crippen MR) is 75.4 cm³/mol. The van der Waals surface area contributed by atoms with Gasteiger partial charge in [0.25, 0.3) is 5.91 Å². The van der Waals surface area contributed by atoms with Crippen molar-refractivity contribution in [2.45, 2.75) is 19.8 Å². The number of likely N-dealkylation sites (tertiary alicyclic amines) is 1. The molecule has 1 aliphatic rings. The summed E-state index contributed by atoms with van der Waals surface area (Å²) in [6.07, 6.45) is 1.57. The number of carbonyl (C=O) groups excluding carboxylic acids is 2. The number of hydrogen-bond acceptors (Lipinski definition) is 3. The molecule has 0 aliphatic carbocycles. The maximum Gasteiger partial charge on any atom is 0.256 e. The van der Waals surface area contributed by atoms with E-state index < -0.39 is 5.82 Å². The van der Waals surface area contributed by atoms with Crippen molar-refractivity contribution in [2.24, 2.45) is 5.92 Å². The van der Waals surface area contributed by atoms with Gasteiger partial charge in [-0.15, -0.1) is 0 Å². The Morgan fingerprint density at radius 1 is 1.38 bits per heavy atom. The first kappa shape index (κ1) is 15.3. The summed E-state index contributed by atoms with van der Waals surface area (Å²) in [7, 11) is 0. The van der Waals surface area contributed by atoms with Gasteiger partial charge in [-0.1, -0.05) is 0 Å². The molecule has 0 unspecified atom stereocenters. The molecule has 0 saturated carbocycles. The van der Waals surface area contributed by atoms with E-state index >= 15 is 0 Å². The number of carbonyl (C=O) groups is 2. The Kier molecular flexibility index (Phi) is 4.77. The molecule has 114 valence electrons. The van der Waals surface area contributed by atoms with Gasteiger partial charge in [-0.05, 0) is 30.9 Å². The molecule has 0 bridgehead atoms. The summed E-state index contributed by atoms with van der Waals surface area (Å²) < 4.78 is 13.7. The van der Waals surface area contributed by atoms with Crippen molar-refractivity contribution in [3.05, 3.63) is 29.6 Å². The van der Waals surface area contributed by atoms with Crippen LogP contribution in [0.4, 0.5) is 4.39 Å². The molecule has 2 N–H and O–H groups in total. The topological polar surface area (TPSA) is 69.6 Å². The maximum absolute atomic E-state index is 13.7. The molecular formula is C15H19FN2O3. The molecule has 5 nitrogen and oxygen atoms in total. The number of amides is 2. The van der Waals surface area contributed by atoms with E-state index in [1.54, 1.807) is 4.90 Å². The Labute approximate surface area is 122 Å². The van der Waals surface area contributed by atoms with Crippen LogP contribution in [0.1, 0.15) is 30.1 Å². The van der Waals surface area contributed by atoms with Crippen molar-refractivity contribution in [1.29, 1.82) is 0 Å². The molecule has 0 aromatic heterocycles. The number of piperidine rings is 1. The van der Waals surface area contributed by atoms with Gasteiger partial charge in [0.1, 0.15) is 11.6 Å². The summed E-state index contributed by atoms with van der Waals surface area (Å²) in [5.74, 6) is -0.966. The number of phenols is 1. The molecule has 6 heteroatoms. The summed E-state index contributed by atoms with van der Waals surface area (Å²) in [6, 6.07) is 3.55. The summed E-state index contributed by atoms with van der Waals surface area (Å²) in [6.45, 7) is 3.18. The minimum absolute atomic E-state index is 0.0203. The highest BCUT2D eigenvalue weighted by Crippen LogP contribution is 2.21. The smallest absolute Gasteiger partial charge is 0.256 e. The SMILES string of the molecule is CC(=O)NCC1CCN(C(=O)c2ccc(O)cc2F)CC1. The van der Waals surface area contributed by atoms with Gasteiger partial charge in [0.2, 0.25) is 5.91 Å². The molecule has 1 heterocycles. The molecule has 1 fully saturated rings. The van der Waals surface area contributed by atoms with Gasteiger partial charge in [0.05, 0.1) is 5.56 Å². The van der Waals surface area contributed by atoms with Gasteiger partial charge < -0.3 is 15.3 Å². The highest BCUT2D eigenvalue weighted by atomic mass is 19.1. The van der Waals surface area contributed by atoms with Crippen LogP contribution in [-0.2, 0) is 4.79 Å². The highest BCUT2D eigenvalue weighted by Gasteiger charge is 2.25. The van der Waals surface area contributed by atoms with Crippen LogP contribution in [0.15, 0.2) is 18.2 Å². The number of nitrogens with one attached hydrogen (secondary N) is 1. The van der Waals surface area contributed by atoms with Crippen LogP contribution >= 0.6 is 0 Å². The van der Waals surface area contributed by atoms with Gasteiger partial charge in [0, 0.05) is 32.6 Å². The third-order valence-electron chi connectivity index (χ3n) is 3.72. The maximum atomic E-state index is 13.7. The second-order valence-corrected chi connectivity index (χ2v) is 5.34. The van der Waals surface area contributed by atoms with Crippen molar-refractivity contribution in [3.63, 3.8) is 0 Å². The molecule has 1 saturated heterocycles. The molecule has 2 amide bonds. The molecular weight excluding hydrogens is 275 g/mol. The predicted octanol–water partition coefficient (Wildman–Crippen LogP) is 1.52.